The number of thiocarbonyl (C=S) groups is 1. The Labute approximate surface area is 137 Å². The molecule has 0 bridgehead atoms. The maximum absolute atomic E-state index is 12.0. The van der Waals surface area contributed by atoms with Gasteiger partial charge in [-0.3, -0.25) is 4.79 Å². The molecule has 2 aromatic rings. The molecule has 0 aliphatic heterocycles. The number of nitrogens with zero attached hydrogens (tertiary/aromatic N) is 3. The van der Waals surface area contributed by atoms with Gasteiger partial charge in [0.15, 0.2) is 0 Å². The van der Waals surface area contributed by atoms with E-state index >= 15 is 0 Å². The highest BCUT2D eigenvalue weighted by atomic mass is 32.2. The second kappa shape index (κ2) is 7.67. The van der Waals surface area contributed by atoms with Crippen LogP contribution >= 0.6 is 35.7 Å². The fourth-order valence-corrected chi connectivity index (χ4v) is 3.55. The van der Waals surface area contributed by atoms with Crippen LogP contribution in [0.15, 0.2) is 18.2 Å². The van der Waals surface area contributed by atoms with Gasteiger partial charge in [0.25, 0.3) is 0 Å². The minimum absolute atomic E-state index is 0.0880. The number of nitrogens with one attached hydrogen (secondary N) is 1. The Morgan fingerprint density at radius 1 is 1.38 bits per heavy atom. The highest BCUT2D eigenvalue weighted by Gasteiger charge is 2.11. The van der Waals surface area contributed by atoms with E-state index in [1.54, 1.807) is 0 Å². The van der Waals surface area contributed by atoms with Gasteiger partial charge in [-0.05, 0) is 26.0 Å². The number of carbonyl (C=O) groups excluding carboxylic acids is 1. The number of fused-ring (bicyclic) bond motifs is 1. The molecule has 21 heavy (non-hydrogen) atoms. The van der Waals surface area contributed by atoms with E-state index in [0.717, 1.165) is 40.2 Å². The first-order valence-electron chi connectivity index (χ1n) is 6.58. The third-order valence-corrected chi connectivity index (χ3v) is 4.97. The smallest absolute Gasteiger partial charge is 0.234 e. The predicted octanol–water partition coefficient (Wildman–Crippen LogP) is 2.99. The molecule has 0 unspecified atom stereocenters. The topological polar surface area (TPSA) is 58.1 Å². The molecule has 0 radical (unpaired) electrons. The third-order valence-electron chi connectivity index (χ3n) is 2.91. The zero-order valence-electron chi connectivity index (χ0n) is 11.8. The Bertz CT molecular complexity index is 639. The van der Waals surface area contributed by atoms with E-state index in [-0.39, 0.29) is 5.91 Å². The highest BCUT2D eigenvalue weighted by Crippen LogP contribution is 2.21. The first-order valence-corrected chi connectivity index (χ1v) is 8.71. The zero-order chi connectivity index (χ0) is 15.2. The van der Waals surface area contributed by atoms with Gasteiger partial charge in [-0.2, -0.15) is 8.75 Å². The molecule has 0 saturated heterocycles. The van der Waals surface area contributed by atoms with Crippen LogP contribution in [0.5, 0.6) is 0 Å². The van der Waals surface area contributed by atoms with Crippen molar-refractivity contribution in [1.29, 1.82) is 0 Å². The van der Waals surface area contributed by atoms with Crippen LogP contribution in [-0.2, 0) is 4.79 Å². The Kier molecular flexibility index (Phi) is 5.89. The minimum Gasteiger partial charge on any atom is -0.358 e. The fourth-order valence-electron chi connectivity index (χ4n) is 1.79. The number of anilines is 1. The van der Waals surface area contributed by atoms with Gasteiger partial charge in [0.2, 0.25) is 5.91 Å². The van der Waals surface area contributed by atoms with Crippen molar-refractivity contribution in [2.24, 2.45) is 0 Å². The van der Waals surface area contributed by atoms with E-state index in [1.807, 2.05) is 32.0 Å². The summed E-state index contributed by atoms with van der Waals surface area (Å²) in [5.74, 6) is 0.207. The number of thioether (sulfide) groups is 1. The molecule has 1 aromatic heterocycles. The minimum atomic E-state index is -0.0880. The number of aromatic nitrogens is 2. The van der Waals surface area contributed by atoms with Crippen LogP contribution in [0.25, 0.3) is 11.0 Å². The average Bonchev–Trinajstić information content (AvgIpc) is 2.96. The number of amides is 1. The zero-order valence-corrected chi connectivity index (χ0v) is 14.3. The van der Waals surface area contributed by atoms with Crippen molar-refractivity contribution in [3.63, 3.8) is 0 Å². The second-order valence-electron chi connectivity index (χ2n) is 4.21. The third kappa shape index (κ3) is 4.12. The van der Waals surface area contributed by atoms with Crippen molar-refractivity contribution in [3.8, 4) is 0 Å². The van der Waals surface area contributed by atoms with Crippen molar-refractivity contribution in [1.82, 2.24) is 13.6 Å². The monoisotopic (exact) mass is 340 g/mol. The van der Waals surface area contributed by atoms with Gasteiger partial charge in [-0.1, -0.05) is 30.0 Å². The van der Waals surface area contributed by atoms with E-state index in [1.165, 1.54) is 11.8 Å². The first-order chi connectivity index (χ1) is 10.2. The van der Waals surface area contributed by atoms with Crippen LogP contribution in [0.1, 0.15) is 13.8 Å². The quantitative estimate of drug-likeness (QED) is 0.845. The summed E-state index contributed by atoms with van der Waals surface area (Å²) < 4.78 is 9.10. The molecule has 0 aliphatic carbocycles. The Balaban J connectivity index is 1.93. The predicted molar refractivity (Wildman–Crippen MR) is 94.0 cm³/mol. The van der Waals surface area contributed by atoms with E-state index in [0.29, 0.717) is 11.4 Å². The standard InChI is InChI=1S/C13H16N4OS3/c1-3-17(4-2)13(19)20-8-11(18)14-9-6-5-7-10-12(9)16-21-15-10/h5-7H,3-4,8H2,1-2H3,(H,14,18). The SMILES string of the molecule is CCN(CC)C(=S)SCC(=O)Nc1cccc2nsnc12. The van der Waals surface area contributed by atoms with Crippen LogP contribution < -0.4 is 5.32 Å². The van der Waals surface area contributed by atoms with Crippen molar-refractivity contribution < 1.29 is 4.79 Å². The summed E-state index contributed by atoms with van der Waals surface area (Å²) in [6.45, 7) is 5.81. The van der Waals surface area contributed by atoms with Gasteiger partial charge < -0.3 is 10.2 Å². The molecule has 1 aromatic carbocycles. The summed E-state index contributed by atoms with van der Waals surface area (Å²) in [6.07, 6.45) is 0. The van der Waals surface area contributed by atoms with Gasteiger partial charge in [-0.25, -0.2) is 0 Å². The van der Waals surface area contributed by atoms with Gasteiger partial charge in [0, 0.05) is 13.1 Å². The Morgan fingerprint density at radius 3 is 2.86 bits per heavy atom. The van der Waals surface area contributed by atoms with Crippen molar-refractivity contribution >= 4 is 62.7 Å². The molecule has 0 aliphatic rings. The largest absolute Gasteiger partial charge is 0.358 e. The van der Waals surface area contributed by atoms with Crippen LogP contribution in [0.3, 0.4) is 0 Å². The maximum atomic E-state index is 12.0. The van der Waals surface area contributed by atoms with Crippen molar-refractivity contribution in [2.45, 2.75) is 13.8 Å². The average molecular weight is 340 g/mol. The number of hydrogen-bond acceptors (Lipinski definition) is 6. The van der Waals surface area contributed by atoms with E-state index in [2.05, 4.69) is 19.0 Å². The summed E-state index contributed by atoms with van der Waals surface area (Å²) in [4.78, 5) is 14.1. The lowest BCUT2D eigenvalue weighted by Crippen LogP contribution is -2.28. The van der Waals surface area contributed by atoms with Crippen LogP contribution in [-0.4, -0.2) is 42.7 Å². The molecule has 0 atom stereocenters. The number of rotatable bonds is 5. The lowest BCUT2D eigenvalue weighted by atomic mass is 10.2. The summed E-state index contributed by atoms with van der Waals surface area (Å²) in [5, 5.41) is 2.87. The molecule has 112 valence electrons. The normalized spacial score (nSPS) is 10.6. The molecule has 0 spiro atoms. The van der Waals surface area contributed by atoms with Gasteiger partial charge in [0.05, 0.1) is 23.2 Å². The van der Waals surface area contributed by atoms with Crippen LogP contribution in [0, 0.1) is 0 Å². The lowest BCUT2D eigenvalue weighted by Gasteiger charge is -2.20. The summed E-state index contributed by atoms with van der Waals surface area (Å²) in [7, 11) is 0. The van der Waals surface area contributed by atoms with Crippen LogP contribution in [0.4, 0.5) is 5.69 Å². The molecule has 2 rings (SSSR count). The molecule has 5 nitrogen and oxygen atoms in total. The number of benzene rings is 1. The number of carbonyl (C=O) groups is 1. The molecule has 0 fully saturated rings. The molecule has 1 amide bonds. The van der Waals surface area contributed by atoms with Gasteiger partial charge in [0.1, 0.15) is 15.4 Å². The second-order valence-corrected chi connectivity index (χ2v) is 6.35. The lowest BCUT2D eigenvalue weighted by molar-refractivity contribution is -0.113. The molecule has 8 heteroatoms. The van der Waals surface area contributed by atoms with E-state index < -0.39 is 0 Å². The molecule has 0 saturated carbocycles. The first kappa shape index (κ1) is 16.1. The molecular formula is C13H16N4OS3. The van der Waals surface area contributed by atoms with Gasteiger partial charge >= 0.3 is 0 Å². The van der Waals surface area contributed by atoms with E-state index in [9.17, 15) is 4.79 Å². The van der Waals surface area contributed by atoms with Crippen molar-refractivity contribution in [3.05, 3.63) is 18.2 Å². The Morgan fingerprint density at radius 2 is 2.14 bits per heavy atom. The maximum Gasteiger partial charge on any atom is 0.234 e. The summed E-state index contributed by atoms with van der Waals surface area (Å²) >= 11 is 7.83. The summed E-state index contributed by atoms with van der Waals surface area (Å²) in [5.41, 5.74) is 2.22. The van der Waals surface area contributed by atoms with Crippen LogP contribution in [0.2, 0.25) is 0 Å². The highest BCUT2D eigenvalue weighted by molar-refractivity contribution is 8.23. The Hall–Kier alpha value is -1.25. The van der Waals surface area contributed by atoms with Crippen molar-refractivity contribution in [2.75, 3.05) is 24.2 Å². The molecule has 1 heterocycles. The number of hydrogen-bond donors (Lipinski definition) is 1. The van der Waals surface area contributed by atoms with E-state index in [4.69, 9.17) is 12.2 Å². The summed E-state index contributed by atoms with van der Waals surface area (Å²) in [6, 6.07) is 5.56. The molecule has 1 N–H and O–H groups in total. The van der Waals surface area contributed by atoms with Gasteiger partial charge in [-0.15, -0.1) is 0 Å². The fraction of sp³-hybridized carbons (Fsp3) is 0.385. The molecular weight excluding hydrogens is 324 g/mol.